The van der Waals surface area contributed by atoms with E-state index in [-0.39, 0.29) is 5.97 Å². The third-order valence-electron chi connectivity index (χ3n) is 7.17. The lowest BCUT2D eigenvalue weighted by molar-refractivity contribution is -0.143. The first-order chi connectivity index (χ1) is 15.1. The minimum atomic E-state index is -0.147. The second-order valence-corrected chi connectivity index (χ2v) is 8.81. The molecule has 0 N–H and O–H groups in total. The Hall–Kier alpha value is -2.49. The molecule has 1 saturated carbocycles. The van der Waals surface area contributed by atoms with E-state index in [1.807, 2.05) is 6.92 Å². The summed E-state index contributed by atoms with van der Waals surface area (Å²) >= 11 is 0. The molecule has 0 amide bonds. The molecule has 2 aromatic carbocycles. The zero-order valence-corrected chi connectivity index (χ0v) is 19.0. The van der Waals surface area contributed by atoms with Gasteiger partial charge in [-0.15, -0.1) is 0 Å². The van der Waals surface area contributed by atoms with Crippen LogP contribution < -0.4 is 9.47 Å². The number of fused-ring (bicyclic) bond motifs is 3. The summed E-state index contributed by atoms with van der Waals surface area (Å²) in [5.41, 5.74) is 5.40. The van der Waals surface area contributed by atoms with Gasteiger partial charge < -0.3 is 14.2 Å². The van der Waals surface area contributed by atoms with Gasteiger partial charge in [-0.1, -0.05) is 31.0 Å². The highest BCUT2D eigenvalue weighted by molar-refractivity contribution is 5.70. The van der Waals surface area contributed by atoms with E-state index in [2.05, 4.69) is 36.4 Å². The lowest BCUT2D eigenvalue weighted by atomic mass is 9.61. The maximum atomic E-state index is 11.9. The number of aryl methyl sites for hydroxylation is 1. The summed E-state index contributed by atoms with van der Waals surface area (Å²) in [7, 11) is 3.45. The number of ether oxygens (including phenoxy) is 3. The van der Waals surface area contributed by atoms with E-state index in [1.165, 1.54) is 42.4 Å². The van der Waals surface area contributed by atoms with Crippen LogP contribution in [0.2, 0.25) is 0 Å². The molecule has 0 bridgehead atoms. The van der Waals surface area contributed by atoms with Gasteiger partial charge in [0.1, 0.15) is 11.5 Å². The first kappa shape index (κ1) is 21.7. The SMILES string of the molecule is CCOC(=O)CCc1cc2c(cc1OC)[C@@H]1CCCC[C@@H]1[C@H](c1ccc(OC)cc1)C2. The highest BCUT2D eigenvalue weighted by Crippen LogP contribution is 2.52. The highest BCUT2D eigenvalue weighted by Gasteiger charge is 2.39. The molecule has 0 aromatic heterocycles. The van der Waals surface area contributed by atoms with E-state index in [1.54, 1.807) is 14.2 Å². The van der Waals surface area contributed by atoms with Crippen LogP contribution in [0.5, 0.6) is 11.5 Å². The predicted octanol–water partition coefficient (Wildman–Crippen LogP) is 5.81. The summed E-state index contributed by atoms with van der Waals surface area (Å²) in [5.74, 6) is 3.45. The summed E-state index contributed by atoms with van der Waals surface area (Å²) in [5, 5.41) is 0. The fourth-order valence-electron chi connectivity index (χ4n) is 5.70. The molecule has 4 nitrogen and oxygen atoms in total. The number of hydrogen-bond acceptors (Lipinski definition) is 4. The van der Waals surface area contributed by atoms with Gasteiger partial charge in [0.15, 0.2) is 0 Å². The topological polar surface area (TPSA) is 44.8 Å². The predicted molar refractivity (Wildman–Crippen MR) is 122 cm³/mol. The van der Waals surface area contributed by atoms with Gasteiger partial charge in [0.05, 0.1) is 20.8 Å². The van der Waals surface area contributed by atoms with Gasteiger partial charge in [0, 0.05) is 6.42 Å². The number of esters is 1. The third kappa shape index (κ3) is 4.58. The van der Waals surface area contributed by atoms with Gasteiger partial charge in [-0.25, -0.2) is 0 Å². The average Bonchev–Trinajstić information content (AvgIpc) is 2.82. The molecule has 31 heavy (non-hydrogen) atoms. The Morgan fingerprint density at radius 2 is 1.77 bits per heavy atom. The molecular weight excluding hydrogens is 388 g/mol. The molecule has 4 rings (SSSR count). The Balaban J connectivity index is 1.66. The van der Waals surface area contributed by atoms with Crippen LogP contribution in [0.1, 0.15) is 73.1 Å². The molecule has 0 heterocycles. The maximum Gasteiger partial charge on any atom is 0.306 e. The third-order valence-corrected chi connectivity index (χ3v) is 7.17. The molecular formula is C27H34O4. The molecule has 0 saturated heterocycles. The smallest absolute Gasteiger partial charge is 0.306 e. The van der Waals surface area contributed by atoms with Crippen molar-refractivity contribution in [3.05, 3.63) is 58.7 Å². The van der Waals surface area contributed by atoms with Crippen molar-refractivity contribution in [2.45, 2.75) is 63.7 Å². The second-order valence-electron chi connectivity index (χ2n) is 8.81. The van der Waals surface area contributed by atoms with Crippen molar-refractivity contribution >= 4 is 5.97 Å². The molecule has 1 fully saturated rings. The van der Waals surface area contributed by atoms with Gasteiger partial charge >= 0.3 is 5.97 Å². The molecule has 2 aliphatic carbocycles. The molecule has 166 valence electrons. The average molecular weight is 423 g/mol. The van der Waals surface area contributed by atoms with Crippen LogP contribution in [0.15, 0.2) is 36.4 Å². The Labute approximate surface area is 185 Å². The van der Waals surface area contributed by atoms with Gasteiger partial charge in [0.25, 0.3) is 0 Å². The molecule has 0 aliphatic heterocycles. The first-order valence-electron chi connectivity index (χ1n) is 11.6. The monoisotopic (exact) mass is 422 g/mol. The Bertz CT molecular complexity index is 902. The van der Waals surface area contributed by atoms with Crippen LogP contribution in [0, 0.1) is 5.92 Å². The molecule has 0 unspecified atom stereocenters. The van der Waals surface area contributed by atoms with Gasteiger partial charge in [-0.05, 0) is 90.8 Å². The van der Waals surface area contributed by atoms with E-state index in [0.717, 1.165) is 23.5 Å². The minimum Gasteiger partial charge on any atom is -0.497 e. The molecule has 0 spiro atoms. The summed E-state index contributed by atoms with van der Waals surface area (Å²) in [6.07, 6.45) is 7.22. The largest absolute Gasteiger partial charge is 0.497 e. The molecule has 3 atom stereocenters. The quantitative estimate of drug-likeness (QED) is 0.528. The van der Waals surface area contributed by atoms with Crippen LogP contribution >= 0.6 is 0 Å². The zero-order valence-electron chi connectivity index (χ0n) is 19.0. The van der Waals surface area contributed by atoms with Crippen LogP contribution in [0.25, 0.3) is 0 Å². The van der Waals surface area contributed by atoms with Crippen LogP contribution in [0.4, 0.5) is 0 Å². The number of hydrogen-bond donors (Lipinski definition) is 0. The lowest BCUT2D eigenvalue weighted by Crippen LogP contribution is -2.31. The Kier molecular flexibility index (Phi) is 6.84. The van der Waals surface area contributed by atoms with Gasteiger partial charge in [-0.3, -0.25) is 4.79 Å². The van der Waals surface area contributed by atoms with Crippen molar-refractivity contribution < 1.29 is 19.0 Å². The molecule has 4 heteroatoms. The number of rotatable bonds is 7. The van der Waals surface area contributed by atoms with Crippen LogP contribution in [-0.4, -0.2) is 26.8 Å². The number of benzene rings is 2. The Morgan fingerprint density at radius 1 is 1.00 bits per heavy atom. The van der Waals surface area contributed by atoms with E-state index in [9.17, 15) is 4.79 Å². The molecule has 2 aliphatic rings. The van der Waals surface area contributed by atoms with Crippen LogP contribution in [0.3, 0.4) is 0 Å². The standard InChI is InChI=1S/C27H34O4/c1-4-31-27(28)14-11-19-15-20-16-24(18-9-12-21(29-2)13-10-18)22-7-5-6-8-23(22)25(20)17-26(19)30-3/h9-10,12-13,15,17,22-24H,4-8,11,14,16H2,1-3H3/t22-,23+,24-/m0/s1. The molecule has 0 radical (unpaired) electrons. The van der Waals surface area contributed by atoms with Gasteiger partial charge in [-0.2, -0.15) is 0 Å². The van der Waals surface area contributed by atoms with E-state index >= 15 is 0 Å². The van der Waals surface area contributed by atoms with Crippen molar-refractivity contribution in [2.75, 3.05) is 20.8 Å². The summed E-state index contributed by atoms with van der Waals surface area (Å²) in [6, 6.07) is 13.2. The van der Waals surface area contributed by atoms with E-state index in [4.69, 9.17) is 14.2 Å². The fourth-order valence-corrected chi connectivity index (χ4v) is 5.70. The van der Waals surface area contributed by atoms with Crippen molar-refractivity contribution in [1.29, 1.82) is 0 Å². The van der Waals surface area contributed by atoms with Crippen molar-refractivity contribution in [3.8, 4) is 11.5 Å². The second kappa shape index (κ2) is 9.76. The van der Waals surface area contributed by atoms with Gasteiger partial charge in [0.2, 0.25) is 0 Å². The summed E-state index contributed by atoms with van der Waals surface area (Å²) in [6.45, 7) is 2.27. The lowest BCUT2D eigenvalue weighted by Gasteiger charge is -2.43. The summed E-state index contributed by atoms with van der Waals surface area (Å²) < 4.78 is 16.3. The summed E-state index contributed by atoms with van der Waals surface area (Å²) in [4.78, 5) is 11.9. The van der Waals surface area contributed by atoms with Crippen LogP contribution in [-0.2, 0) is 22.4 Å². The maximum absolute atomic E-state index is 11.9. The fraction of sp³-hybridized carbons (Fsp3) is 0.519. The minimum absolute atomic E-state index is 0.147. The van der Waals surface area contributed by atoms with E-state index in [0.29, 0.717) is 37.2 Å². The van der Waals surface area contributed by atoms with E-state index < -0.39 is 0 Å². The first-order valence-corrected chi connectivity index (χ1v) is 11.6. The van der Waals surface area contributed by atoms with Crippen molar-refractivity contribution in [3.63, 3.8) is 0 Å². The number of carbonyl (C=O) groups is 1. The highest BCUT2D eigenvalue weighted by atomic mass is 16.5. The van der Waals surface area contributed by atoms with Crippen molar-refractivity contribution in [2.24, 2.45) is 5.92 Å². The van der Waals surface area contributed by atoms with Crippen molar-refractivity contribution in [1.82, 2.24) is 0 Å². The normalized spacial score (nSPS) is 22.2. The number of methoxy groups -OCH3 is 2. The Morgan fingerprint density at radius 3 is 2.48 bits per heavy atom. The zero-order chi connectivity index (χ0) is 21.8. The molecule has 2 aromatic rings. The number of carbonyl (C=O) groups excluding carboxylic acids is 1.